The van der Waals surface area contributed by atoms with Crippen molar-refractivity contribution >= 4 is 43.1 Å². The van der Waals surface area contributed by atoms with E-state index in [2.05, 4.69) is 133 Å². The van der Waals surface area contributed by atoms with Gasteiger partial charge in [0.15, 0.2) is 0 Å². The van der Waals surface area contributed by atoms with E-state index < -0.39 is 0 Å². The fourth-order valence-electron chi connectivity index (χ4n) is 5.32. The summed E-state index contributed by atoms with van der Waals surface area (Å²) in [7, 11) is 0. The van der Waals surface area contributed by atoms with Crippen LogP contribution in [0.25, 0.3) is 65.3 Å². The van der Waals surface area contributed by atoms with Crippen LogP contribution in [0.3, 0.4) is 0 Å². The van der Waals surface area contributed by atoms with Crippen LogP contribution < -0.4 is 0 Å². The van der Waals surface area contributed by atoms with Crippen molar-refractivity contribution in [2.24, 2.45) is 0 Å². The topological polar surface area (TPSA) is 0 Å². The van der Waals surface area contributed by atoms with Gasteiger partial charge in [0.2, 0.25) is 0 Å². The first-order valence-electron chi connectivity index (χ1n) is 11.8. The second-order valence-electron chi connectivity index (χ2n) is 8.99. The van der Waals surface area contributed by atoms with Gasteiger partial charge in [-0.1, -0.05) is 115 Å². The second-order valence-corrected chi connectivity index (χ2v) is 8.99. The minimum absolute atomic E-state index is 1.25. The molecule has 0 heterocycles. The first-order chi connectivity index (χ1) is 16.8. The second kappa shape index (κ2) is 7.57. The molecule has 0 amide bonds. The van der Waals surface area contributed by atoms with Crippen molar-refractivity contribution in [1.29, 1.82) is 0 Å². The molecule has 0 saturated carbocycles. The van der Waals surface area contributed by atoms with Gasteiger partial charge >= 0.3 is 0 Å². The third-order valence-electron chi connectivity index (χ3n) is 7.03. The molecule has 0 radical (unpaired) electrons. The lowest BCUT2D eigenvalue weighted by Gasteiger charge is -2.14. The highest BCUT2D eigenvalue weighted by Crippen LogP contribution is 2.39. The maximum absolute atomic E-state index is 2.39. The van der Waals surface area contributed by atoms with Crippen molar-refractivity contribution in [1.82, 2.24) is 0 Å². The molecule has 0 bridgehead atoms. The molecule has 0 fully saturated rings. The van der Waals surface area contributed by atoms with E-state index in [-0.39, 0.29) is 0 Å². The molecule has 0 N–H and O–H groups in total. The summed E-state index contributed by atoms with van der Waals surface area (Å²) in [4.78, 5) is 0. The third kappa shape index (κ3) is 3.00. The Morgan fingerprint density at radius 1 is 0.265 bits per heavy atom. The fourth-order valence-corrected chi connectivity index (χ4v) is 5.32. The van der Waals surface area contributed by atoms with Crippen LogP contribution in [0.15, 0.2) is 133 Å². The molecule has 0 spiro atoms. The van der Waals surface area contributed by atoms with Gasteiger partial charge in [0.05, 0.1) is 0 Å². The molecular weight excluding hydrogens is 408 g/mol. The maximum Gasteiger partial charge on any atom is -0.00928 e. The van der Waals surface area contributed by atoms with Crippen LogP contribution in [-0.2, 0) is 0 Å². The minimum Gasteiger partial charge on any atom is -0.0622 e. The number of rotatable bonds is 2. The summed E-state index contributed by atoms with van der Waals surface area (Å²) in [6.07, 6.45) is 0. The lowest BCUT2D eigenvalue weighted by molar-refractivity contribution is 1.64. The SMILES string of the molecule is c1ccc(-c2ccc3ccc(-c4cc5c6ccccc6ccc5c5ccccc45)cc3c2)cc1. The summed E-state index contributed by atoms with van der Waals surface area (Å²) in [5.41, 5.74) is 5.03. The monoisotopic (exact) mass is 430 g/mol. The summed E-state index contributed by atoms with van der Waals surface area (Å²) in [6, 6.07) is 48.6. The predicted molar refractivity (Wildman–Crippen MR) is 147 cm³/mol. The van der Waals surface area contributed by atoms with Crippen LogP contribution in [0.2, 0.25) is 0 Å². The summed E-state index contributed by atoms with van der Waals surface area (Å²) >= 11 is 0. The Morgan fingerprint density at radius 3 is 1.74 bits per heavy atom. The molecule has 34 heavy (non-hydrogen) atoms. The molecule has 7 aromatic carbocycles. The molecular formula is C34H22. The van der Waals surface area contributed by atoms with Crippen LogP contribution in [0.1, 0.15) is 0 Å². The molecule has 0 heteroatoms. The van der Waals surface area contributed by atoms with E-state index in [4.69, 9.17) is 0 Å². The van der Waals surface area contributed by atoms with Crippen LogP contribution in [0.5, 0.6) is 0 Å². The predicted octanol–water partition coefficient (Wildman–Crippen LogP) is 9.63. The molecule has 0 atom stereocenters. The molecule has 7 rings (SSSR count). The van der Waals surface area contributed by atoms with Crippen LogP contribution in [0.4, 0.5) is 0 Å². The lowest BCUT2D eigenvalue weighted by Crippen LogP contribution is -1.87. The van der Waals surface area contributed by atoms with Crippen molar-refractivity contribution in [3.05, 3.63) is 133 Å². The Hall–Kier alpha value is -4.42. The first kappa shape index (κ1) is 19.1. The highest BCUT2D eigenvalue weighted by molar-refractivity contribution is 6.21. The normalized spacial score (nSPS) is 11.5. The van der Waals surface area contributed by atoms with E-state index in [0.717, 1.165) is 0 Å². The Morgan fingerprint density at radius 2 is 0.882 bits per heavy atom. The van der Waals surface area contributed by atoms with Gasteiger partial charge in [-0.3, -0.25) is 0 Å². The molecule has 0 unspecified atom stereocenters. The number of hydrogen-bond acceptors (Lipinski definition) is 0. The summed E-state index contributed by atoms with van der Waals surface area (Å²) in [5, 5.41) is 10.3. The largest absolute Gasteiger partial charge is 0.0622 e. The first-order valence-corrected chi connectivity index (χ1v) is 11.8. The summed E-state index contributed by atoms with van der Waals surface area (Å²) < 4.78 is 0. The number of hydrogen-bond donors (Lipinski definition) is 0. The highest BCUT2D eigenvalue weighted by atomic mass is 14.1. The smallest absolute Gasteiger partial charge is 0.00928 e. The Balaban J connectivity index is 1.51. The Bertz CT molecular complexity index is 1840. The zero-order valence-electron chi connectivity index (χ0n) is 18.7. The molecule has 0 aromatic heterocycles. The van der Waals surface area contributed by atoms with Crippen LogP contribution in [0, 0.1) is 0 Å². The van der Waals surface area contributed by atoms with Crippen molar-refractivity contribution in [3.8, 4) is 22.3 Å². The average molecular weight is 431 g/mol. The summed E-state index contributed by atoms with van der Waals surface area (Å²) in [6.45, 7) is 0. The van der Waals surface area contributed by atoms with Crippen LogP contribution >= 0.6 is 0 Å². The van der Waals surface area contributed by atoms with Crippen molar-refractivity contribution in [2.75, 3.05) is 0 Å². The van der Waals surface area contributed by atoms with E-state index in [1.54, 1.807) is 0 Å². The Labute approximate surface area is 198 Å². The lowest BCUT2D eigenvalue weighted by atomic mass is 9.90. The maximum atomic E-state index is 2.39. The van der Waals surface area contributed by atoms with Crippen molar-refractivity contribution < 1.29 is 0 Å². The van der Waals surface area contributed by atoms with Crippen molar-refractivity contribution in [2.45, 2.75) is 0 Å². The van der Waals surface area contributed by atoms with E-state index in [1.165, 1.54) is 65.3 Å². The number of benzene rings is 7. The van der Waals surface area contributed by atoms with Gasteiger partial charge in [-0.15, -0.1) is 0 Å². The average Bonchev–Trinajstić information content (AvgIpc) is 2.92. The molecule has 0 nitrogen and oxygen atoms in total. The summed E-state index contributed by atoms with van der Waals surface area (Å²) in [5.74, 6) is 0. The Kier molecular flexibility index (Phi) is 4.25. The number of fused-ring (bicyclic) bond motifs is 6. The van der Waals surface area contributed by atoms with Gasteiger partial charge in [-0.05, 0) is 83.5 Å². The highest BCUT2D eigenvalue weighted by Gasteiger charge is 2.11. The zero-order chi connectivity index (χ0) is 22.5. The molecule has 158 valence electrons. The fraction of sp³-hybridized carbons (Fsp3) is 0. The molecule has 0 aliphatic heterocycles. The standard InChI is InChI=1S/C34H22/c1-2-8-23(9-3-1)26-16-14-24-15-17-27(21-28(24)20-26)33-22-34-29-11-5-4-10-25(29)18-19-32(34)30-12-6-7-13-31(30)33/h1-22H. The van der Waals surface area contributed by atoms with E-state index >= 15 is 0 Å². The van der Waals surface area contributed by atoms with E-state index in [9.17, 15) is 0 Å². The quantitative estimate of drug-likeness (QED) is 0.239. The van der Waals surface area contributed by atoms with Gasteiger partial charge in [-0.2, -0.15) is 0 Å². The van der Waals surface area contributed by atoms with Crippen LogP contribution in [-0.4, -0.2) is 0 Å². The van der Waals surface area contributed by atoms with E-state index in [1.807, 2.05) is 0 Å². The minimum atomic E-state index is 1.25. The van der Waals surface area contributed by atoms with Gasteiger partial charge < -0.3 is 0 Å². The molecule has 0 saturated heterocycles. The van der Waals surface area contributed by atoms with Gasteiger partial charge in [0, 0.05) is 0 Å². The zero-order valence-corrected chi connectivity index (χ0v) is 18.7. The third-order valence-corrected chi connectivity index (χ3v) is 7.03. The molecule has 7 aromatic rings. The van der Waals surface area contributed by atoms with Gasteiger partial charge in [-0.25, -0.2) is 0 Å². The van der Waals surface area contributed by atoms with E-state index in [0.29, 0.717) is 0 Å². The molecule has 0 aliphatic carbocycles. The van der Waals surface area contributed by atoms with Gasteiger partial charge in [0.25, 0.3) is 0 Å². The molecule has 0 aliphatic rings. The van der Waals surface area contributed by atoms with Crippen molar-refractivity contribution in [3.63, 3.8) is 0 Å². The van der Waals surface area contributed by atoms with Gasteiger partial charge in [0.1, 0.15) is 0 Å².